The molecule has 3 N–H and O–H groups in total. The van der Waals surface area contributed by atoms with Gasteiger partial charge in [0.25, 0.3) is 0 Å². The number of hydrogen-bond acceptors (Lipinski definition) is 5. The summed E-state index contributed by atoms with van der Waals surface area (Å²) in [6, 6.07) is -0.629. The van der Waals surface area contributed by atoms with Gasteiger partial charge in [0.05, 0.1) is 25.4 Å². The van der Waals surface area contributed by atoms with Crippen LogP contribution < -0.4 is 5.32 Å². The van der Waals surface area contributed by atoms with Gasteiger partial charge in [0.15, 0.2) is 0 Å². The average Bonchev–Trinajstić information content (AvgIpc) is 3.18. The highest BCUT2D eigenvalue weighted by atomic mass is 16.5. The lowest BCUT2D eigenvalue weighted by Gasteiger charge is -2.20. The predicted molar refractivity (Wildman–Crippen MR) is 237 cm³/mol. The van der Waals surface area contributed by atoms with Crippen LogP contribution in [0.2, 0.25) is 0 Å². The Morgan fingerprint density at radius 3 is 1.24 bits per heavy atom. The summed E-state index contributed by atoms with van der Waals surface area (Å²) in [5, 5.41) is 22.9. The maximum Gasteiger partial charge on any atom is 0.305 e. The third kappa shape index (κ3) is 42.0. The fourth-order valence-electron chi connectivity index (χ4n) is 7.51. The number of aliphatic hydroxyl groups excluding tert-OH is 2. The molecule has 0 fully saturated rings. The Kier molecular flexibility index (Phi) is 44.2. The number of ether oxygens (including phenoxy) is 1. The molecule has 6 nitrogen and oxygen atoms in total. The number of hydrogen-bond donors (Lipinski definition) is 3. The molecule has 0 radical (unpaired) electrons. The molecule has 0 aliphatic carbocycles. The minimum atomic E-state index is -0.845. The number of rotatable bonds is 45. The van der Waals surface area contributed by atoms with Crippen LogP contribution in [0, 0.1) is 0 Å². The van der Waals surface area contributed by atoms with Gasteiger partial charge in [-0.25, -0.2) is 0 Å². The van der Waals surface area contributed by atoms with Gasteiger partial charge in [-0.1, -0.05) is 231 Å². The lowest BCUT2D eigenvalue weighted by Crippen LogP contribution is -2.45. The van der Waals surface area contributed by atoms with E-state index in [0.717, 1.165) is 44.9 Å². The SMILES string of the molecule is CCCCCCCCCC/C=C/C(O)C(CO)NC(=O)CCCCCCCCCCCCCCCCCCOC(=O)CCCCCCCCCCCCCC. The standard InChI is InChI=1S/C49H95NO5/c1-3-5-7-9-11-13-15-23-27-31-35-39-43-49(54)55-44-40-36-32-28-24-21-19-17-16-18-20-22-26-30-34-38-42-48(53)50-46(45-51)47(52)41-37-33-29-25-14-12-10-8-6-4-2/h37,41,46-47,51-52H,3-36,38-40,42-45H2,1-2H3,(H,50,53)/b41-37+. The van der Waals surface area contributed by atoms with E-state index in [2.05, 4.69) is 19.2 Å². The molecule has 0 heterocycles. The number of aliphatic hydroxyl groups is 2. The highest BCUT2D eigenvalue weighted by molar-refractivity contribution is 5.76. The van der Waals surface area contributed by atoms with Gasteiger partial charge >= 0.3 is 5.97 Å². The Balaban J connectivity index is 3.43. The first kappa shape index (κ1) is 53.6. The number of unbranched alkanes of at least 4 members (excludes halogenated alkanes) is 34. The van der Waals surface area contributed by atoms with Crippen LogP contribution in [0.1, 0.15) is 264 Å². The van der Waals surface area contributed by atoms with Crippen molar-refractivity contribution in [2.24, 2.45) is 0 Å². The molecule has 0 rings (SSSR count). The highest BCUT2D eigenvalue weighted by Gasteiger charge is 2.18. The van der Waals surface area contributed by atoms with Crippen molar-refractivity contribution >= 4 is 11.9 Å². The van der Waals surface area contributed by atoms with Crippen molar-refractivity contribution in [3.05, 3.63) is 12.2 Å². The summed E-state index contributed by atoms with van der Waals surface area (Å²) in [6.45, 7) is 4.87. The zero-order chi connectivity index (χ0) is 40.1. The fraction of sp³-hybridized carbons (Fsp3) is 0.918. The second-order valence-electron chi connectivity index (χ2n) is 16.8. The molecule has 55 heavy (non-hydrogen) atoms. The van der Waals surface area contributed by atoms with E-state index in [0.29, 0.717) is 19.4 Å². The van der Waals surface area contributed by atoms with Gasteiger partial charge in [0.2, 0.25) is 5.91 Å². The molecular weight excluding hydrogens is 683 g/mol. The summed E-state index contributed by atoms with van der Waals surface area (Å²) in [7, 11) is 0. The molecule has 0 aromatic heterocycles. The van der Waals surface area contributed by atoms with Gasteiger partial charge in [-0.15, -0.1) is 0 Å². The second kappa shape index (κ2) is 45.3. The van der Waals surface area contributed by atoms with Gasteiger partial charge in [-0.3, -0.25) is 9.59 Å². The highest BCUT2D eigenvalue weighted by Crippen LogP contribution is 2.16. The van der Waals surface area contributed by atoms with Gasteiger partial charge in [0, 0.05) is 12.8 Å². The van der Waals surface area contributed by atoms with E-state index < -0.39 is 12.1 Å². The van der Waals surface area contributed by atoms with E-state index in [9.17, 15) is 19.8 Å². The fourth-order valence-corrected chi connectivity index (χ4v) is 7.51. The summed E-state index contributed by atoms with van der Waals surface area (Å²) in [5.74, 6) is -0.0740. The Bertz CT molecular complexity index is 817. The number of allylic oxidation sites excluding steroid dienone is 1. The average molecular weight is 778 g/mol. The molecule has 2 unspecified atom stereocenters. The zero-order valence-corrected chi connectivity index (χ0v) is 36.9. The van der Waals surface area contributed by atoms with E-state index >= 15 is 0 Å². The third-order valence-corrected chi connectivity index (χ3v) is 11.3. The van der Waals surface area contributed by atoms with Gasteiger partial charge in [-0.2, -0.15) is 0 Å². The number of nitrogens with one attached hydrogen (secondary N) is 1. The smallest absolute Gasteiger partial charge is 0.305 e. The maximum atomic E-state index is 12.4. The molecule has 0 saturated carbocycles. The molecular formula is C49H95NO5. The van der Waals surface area contributed by atoms with Crippen LogP contribution >= 0.6 is 0 Å². The largest absolute Gasteiger partial charge is 0.466 e. The van der Waals surface area contributed by atoms with E-state index in [1.54, 1.807) is 6.08 Å². The lowest BCUT2D eigenvalue weighted by molar-refractivity contribution is -0.143. The Morgan fingerprint density at radius 2 is 0.836 bits per heavy atom. The van der Waals surface area contributed by atoms with Crippen LogP contribution in [-0.4, -0.2) is 47.4 Å². The van der Waals surface area contributed by atoms with Crippen LogP contribution in [0.3, 0.4) is 0 Å². The van der Waals surface area contributed by atoms with E-state index in [-0.39, 0.29) is 18.5 Å². The second-order valence-corrected chi connectivity index (χ2v) is 16.8. The first-order valence-corrected chi connectivity index (χ1v) is 24.5. The zero-order valence-electron chi connectivity index (χ0n) is 36.9. The summed E-state index contributed by atoms with van der Waals surface area (Å²) in [4.78, 5) is 24.3. The van der Waals surface area contributed by atoms with Crippen LogP contribution in [0.5, 0.6) is 0 Å². The molecule has 326 valence electrons. The normalized spacial score (nSPS) is 12.7. The van der Waals surface area contributed by atoms with Gasteiger partial charge in [0.1, 0.15) is 0 Å². The summed E-state index contributed by atoms with van der Waals surface area (Å²) >= 11 is 0. The quantitative estimate of drug-likeness (QED) is 0.0325. The molecule has 0 spiro atoms. The van der Waals surface area contributed by atoms with Gasteiger partial charge < -0.3 is 20.3 Å². The van der Waals surface area contributed by atoms with Crippen molar-refractivity contribution < 1.29 is 24.5 Å². The monoisotopic (exact) mass is 778 g/mol. The number of carbonyl (C=O) groups is 2. The molecule has 0 bridgehead atoms. The Labute approximate surface area is 342 Å². The summed E-state index contributed by atoms with van der Waals surface area (Å²) in [6.07, 6.45) is 50.6. The van der Waals surface area contributed by atoms with Crippen LogP contribution in [0.4, 0.5) is 0 Å². The van der Waals surface area contributed by atoms with Gasteiger partial charge in [-0.05, 0) is 32.1 Å². The molecule has 0 aromatic carbocycles. The summed E-state index contributed by atoms with van der Waals surface area (Å²) < 4.78 is 5.45. The molecule has 2 atom stereocenters. The van der Waals surface area contributed by atoms with Crippen LogP contribution in [0.25, 0.3) is 0 Å². The Morgan fingerprint density at radius 1 is 0.491 bits per heavy atom. The van der Waals surface area contributed by atoms with E-state index in [4.69, 9.17) is 4.74 Å². The molecule has 0 saturated heterocycles. The van der Waals surface area contributed by atoms with Crippen molar-refractivity contribution in [1.82, 2.24) is 5.32 Å². The first-order chi connectivity index (χ1) is 27.0. The topological polar surface area (TPSA) is 95.9 Å². The van der Waals surface area contributed by atoms with Crippen molar-refractivity contribution in [2.45, 2.75) is 276 Å². The minimum absolute atomic E-state index is 0.00241. The molecule has 0 aliphatic heterocycles. The van der Waals surface area contributed by atoms with Crippen molar-refractivity contribution in [3.63, 3.8) is 0 Å². The number of amides is 1. The molecule has 0 aliphatic rings. The van der Waals surface area contributed by atoms with E-state index in [1.807, 2.05) is 6.08 Å². The molecule has 1 amide bonds. The number of esters is 1. The summed E-state index contributed by atoms with van der Waals surface area (Å²) in [5.41, 5.74) is 0. The third-order valence-electron chi connectivity index (χ3n) is 11.3. The predicted octanol–water partition coefficient (Wildman–Crippen LogP) is 14.2. The van der Waals surface area contributed by atoms with E-state index in [1.165, 1.54) is 193 Å². The first-order valence-electron chi connectivity index (χ1n) is 24.5. The van der Waals surface area contributed by atoms with Crippen molar-refractivity contribution in [1.29, 1.82) is 0 Å². The number of carbonyl (C=O) groups excluding carboxylic acids is 2. The Hall–Kier alpha value is -1.40. The molecule has 0 aromatic rings. The van der Waals surface area contributed by atoms with Crippen LogP contribution in [-0.2, 0) is 14.3 Å². The molecule has 6 heteroatoms. The minimum Gasteiger partial charge on any atom is -0.466 e. The van der Waals surface area contributed by atoms with Crippen molar-refractivity contribution in [2.75, 3.05) is 13.2 Å². The lowest BCUT2D eigenvalue weighted by atomic mass is 10.0. The van der Waals surface area contributed by atoms with Crippen LogP contribution in [0.15, 0.2) is 12.2 Å². The maximum absolute atomic E-state index is 12.4. The van der Waals surface area contributed by atoms with Crippen molar-refractivity contribution in [3.8, 4) is 0 Å².